The number of benzene rings is 3. The Labute approximate surface area is 211 Å². The molecule has 1 atom stereocenters. The van der Waals surface area contributed by atoms with E-state index in [2.05, 4.69) is 33.8 Å². The first kappa shape index (κ1) is 26.2. The van der Waals surface area contributed by atoms with E-state index in [4.69, 9.17) is 11.6 Å². The van der Waals surface area contributed by atoms with Gasteiger partial charge in [-0.2, -0.15) is 18.3 Å². The summed E-state index contributed by atoms with van der Waals surface area (Å²) in [4.78, 5) is 0.482. The average Bonchev–Trinajstić information content (AvgIpc) is 3.22. The molecule has 0 N–H and O–H groups in total. The van der Waals surface area contributed by atoms with Gasteiger partial charge in [0.15, 0.2) is 0 Å². The van der Waals surface area contributed by atoms with E-state index >= 15 is 0 Å². The van der Waals surface area contributed by atoms with Crippen LogP contribution in [0.3, 0.4) is 0 Å². The molecule has 1 aliphatic rings. The SMILES string of the molecule is CN1CC(c2ccccc2)C(c2ccc(Cl)cc2)=N1.CSC=NSc1cccc(C(F)(F)F)c1. The molecule has 1 unspecified atom stereocenters. The van der Waals surface area contributed by atoms with Crippen molar-refractivity contribution in [2.24, 2.45) is 9.50 Å². The molecule has 0 saturated heterocycles. The Hall–Kier alpha value is -2.42. The van der Waals surface area contributed by atoms with E-state index < -0.39 is 11.7 Å². The maximum absolute atomic E-state index is 12.3. The number of alkyl halides is 3. The lowest BCUT2D eigenvalue weighted by Crippen LogP contribution is -2.15. The van der Waals surface area contributed by atoms with Crippen molar-refractivity contribution in [3.8, 4) is 0 Å². The number of hydrogen-bond donors (Lipinski definition) is 0. The Morgan fingerprint density at radius 2 is 1.74 bits per heavy atom. The molecule has 1 heterocycles. The van der Waals surface area contributed by atoms with Crippen LogP contribution in [0.1, 0.15) is 22.6 Å². The molecular formula is C25H23ClF3N3S2. The zero-order chi connectivity index (χ0) is 24.6. The highest BCUT2D eigenvalue weighted by Crippen LogP contribution is 2.32. The smallest absolute Gasteiger partial charge is 0.299 e. The van der Waals surface area contributed by atoms with Gasteiger partial charge < -0.3 is 0 Å². The Bertz CT molecular complexity index is 1120. The third-order valence-electron chi connectivity index (χ3n) is 4.87. The lowest BCUT2D eigenvalue weighted by Gasteiger charge is -2.13. The van der Waals surface area contributed by atoms with Gasteiger partial charge in [-0.15, -0.1) is 11.8 Å². The second-order valence-corrected chi connectivity index (χ2v) is 9.34. The quantitative estimate of drug-likeness (QED) is 0.194. The maximum atomic E-state index is 12.3. The second kappa shape index (κ2) is 12.3. The monoisotopic (exact) mass is 521 g/mol. The number of thioether (sulfide) groups is 1. The highest BCUT2D eigenvalue weighted by Gasteiger charge is 2.30. The van der Waals surface area contributed by atoms with E-state index in [1.165, 1.54) is 23.4 Å². The summed E-state index contributed by atoms with van der Waals surface area (Å²) in [7, 11) is 2.01. The Balaban J connectivity index is 0.000000197. The predicted octanol–water partition coefficient (Wildman–Crippen LogP) is 7.88. The van der Waals surface area contributed by atoms with Gasteiger partial charge in [0.25, 0.3) is 0 Å². The molecule has 0 radical (unpaired) electrons. The zero-order valence-electron chi connectivity index (χ0n) is 18.5. The summed E-state index contributed by atoms with van der Waals surface area (Å²) in [5.74, 6) is 0.326. The highest BCUT2D eigenvalue weighted by atomic mass is 35.5. The summed E-state index contributed by atoms with van der Waals surface area (Å²) in [6, 6.07) is 23.5. The number of likely N-dealkylation sites (N-methyl/N-ethyl adjacent to an activating group) is 1. The molecule has 0 bridgehead atoms. The van der Waals surface area contributed by atoms with Gasteiger partial charge in [-0.05, 0) is 47.7 Å². The summed E-state index contributed by atoms with van der Waals surface area (Å²) in [6.07, 6.45) is -2.46. The number of rotatable bonds is 5. The molecule has 3 aromatic rings. The zero-order valence-corrected chi connectivity index (χ0v) is 20.9. The molecule has 9 heteroatoms. The molecule has 0 aromatic heterocycles. The van der Waals surface area contributed by atoms with Crippen molar-refractivity contribution in [1.82, 2.24) is 5.01 Å². The fourth-order valence-electron chi connectivity index (χ4n) is 3.33. The largest absolute Gasteiger partial charge is 0.416 e. The van der Waals surface area contributed by atoms with Crippen LogP contribution >= 0.6 is 35.3 Å². The molecule has 0 spiro atoms. The third-order valence-corrected chi connectivity index (χ3v) is 6.24. The first-order valence-corrected chi connectivity index (χ1v) is 12.7. The van der Waals surface area contributed by atoms with Gasteiger partial charge in [0, 0.05) is 41.4 Å². The van der Waals surface area contributed by atoms with E-state index in [0.717, 1.165) is 46.9 Å². The third kappa shape index (κ3) is 7.55. The summed E-state index contributed by atoms with van der Waals surface area (Å²) in [5, 5.41) is 7.41. The van der Waals surface area contributed by atoms with Crippen LogP contribution in [0.15, 0.2) is 93.3 Å². The van der Waals surface area contributed by atoms with E-state index in [1.807, 2.05) is 48.6 Å². The minimum Gasteiger partial charge on any atom is -0.299 e. The van der Waals surface area contributed by atoms with Crippen LogP contribution < -0.4 is 0 Å². The number of halogens is 4. The first-order valence-electron chi connectivity index (χ1n) is 10.3. The second-order valence-electron chi connectivity index (χ2n) is 7.36. The minimum atomic E-state index is -4.29. The topological polar surface area (TPSA) is 28.0 Å². The van der Waals surface area contributed by atoms with Crippen molar-refractivity contribution in [2.75, 3.05) is 19.8 Å². The summed E-state index contributed by atoms with van der Waals surface area (Å²) in [6.45, 7) is 0.919. The predicted molar refractivity (Wildman–Crippen MR) is 139 cm³/mol. The molecule has 3 nitrogen and oxygen atoms in total. The van der Waals surface area contributed by atoms with Gasteiger partial charge >= 0.3 is 6.18 Å². The molecule has 0 saturated carbocycles. The molecule has 34 heavy (non-hydrogen) atoms. The van der Waals surface area contributed by atoms with Gasteiger partial charge in [-0.3, -0.25) is 5.01 Å². The van der Waals surface area contributed by atoms with Crippen LogP contribution in [0.5, 0.6) is 0 Å². The van der Waals surface area contributed by atoms with E-state index in [-0.39, 0.29) is 0 Å². The van der Waals surface area contributed by atoms with E-state index in [9.17, 15) is 13.2 Å². The number of nitrogens with zero attached hydrogens (tertiary/aromatic N) is 3. The van der Waals surface area contributed by atoms with Crippen molar-refractivity contribution >= 4 is 46.6 Å². The molecule has 4 rings (SSSR count). The van der Waals surface area contributed by atoms with Crippen LogP contribution in [-0.4, -0.2) is 36.1 Å². The van der Waals surface area contributed by atoms with Crippen molar-refractivity contribution in [3.63, 3.8) is 0 Å². The molecule has 0 amide bonds. The summed E-state index contributed by atoms with van der Waals surface area (Å²) < 4.78 is 40.8. The Morgan fingerprint density at radius 1 is 1.03 bits per heavy atom. The highest BCUT2D eigenvalue weighted by molar-refractivity contribution is 8.12. The van der Waals surface area contributed by atoms with Crippen molar-refractivity contribution in [1.29, 1.82) is 0 Å². The van der Waals surface area contributed by atoms with Gasteiger partial charge in [-0.25, -0.2) is 4.40 Å². The van der Waals surface area contributed by atoms with Gasteiger partial charge in [-0.1, -0.05) is 60.1 Å². The molecule has 3 aromatic carbocycles. The standard InChI is InChI=1S/C16H15ClN2.C9H8F3NS2/c1-19-11-15(12-5-3-2-4-6-12)16(18-19)13-7-9-14(17)10-8-13;1-14-6-13-15-8-4-2-3-7(5-8)9(10,11)12/h2-10,15H,11H2,1H3;2-6H,1H3. The maximum Gasteiger partial charge on any atom is 0.416 e. The van der Waals surface area contributed by atoms with Crippen LogP contribution in [0.25, 0.3) is 0 Å². The van der Waals surface area contributed by atoms with Crippen LogP contribution in [0.4, 0.5) is 13.2 Å². The summed E-state index contributed by atoms with van der Waals surface area (Å²) in [5.41, 5.74) is 4.49. The summed E-state index contributed by atoms with van der Waals surface area (Å²) >= 11 is 8.37. The molecule has 1 aliphatic heterocycles. The van der Waals surface area contributed by atoms with Gasteiger partial charge in [0.05, 0.1) is 16.8 Å². The molecular weight excluding hydrogens is 499 g/mol. The lowest BCUT2D eigenvalue weighted by atomic mass is 9.91. The van der Waals surface area contributed by atoms with Crippen LogP contribution in [0.2, 0.25) is 5.02 Å². The minimum absolute atomic E-state index is 0.326. The van der Waals surface area contributed by atoms with Crippen LogP contribution in [-0.2, 0) is 6.18 Å². The molecule has 0 fully saturated rings. The fraction of sp³-hybridized carbons (Fsp3) is 0.200. The van der Waals surface area contributed by atoms with Gasteiger partial charge in [0.2, 0.25) is 0 Å². The normalized spacial score (nSPS) is 15.8. The van der Waals surface area contributed by atoms with Crippen molar-refractivity contribution in [3.05, 3.63) is 101 Å². The molecule has 178 valence electrons. The Kier molecular flexibility index (Phi) is 9.50. The van der Waals surface area contributed by atoms with E-state index in [1.54, 1.807) is 11.6 Å². The number of hydrogen-bond acceptors (Lipinski definition) is 5. The number of hydrazone groups is 1. The van der Waals surface area contributed by atoms with Crippen LogP contribution in [0, 0.1) is 0 Å². The van der Waals surface area contributed by atoms with Crippen molar-refractivity contribution in [2.45, 2.75) is 17.0 Å². The average molecular weight is 522 g/mol. The molecule has 0 aliphatic carbocycles. The van der Waals surface area contributed by atoms with E-state index in [0.29, 0.717) is 10.8 Å². The van der Waals surface area contributed by atoms with Gasteiger partial charge in [0.1, 0.15) is 0 Å². The van der Waals surface area contributed by atoms with Crippen molar-refractivity contribution < 1.29 is 13.2 Å². The Morgan fingerprint density at radius 3 is 2.38 bits per heavy atom. The first-order chi connectivity index (χ1) is 16.3. The fourth-order valence-corrected chi connectivity index (χ4v) is 4.41. The lowest BCUT2D eigenvalue weighted by molar-refractivity contribution is -0.137.